The highest BCUT2D eigenvalue weighted by Gasteiger charge is 2.13. The van der Waals surface area contributed by atoms with Crippen molar-refractivity contribution in [1.29, 1.82) is 0 Å². The van der Waals surface area contributed by atoms with Crippen molar-refractivity contribution in [2.45, 2.75) is 13.0 Å². The van der Waals surface area contributed by atoms with E-state index < -0.39 is 5.82 Å². The van der Waals surface area contributed by atoms with Crippen molar-refractivity contribution in [3.8, 4) is 16.9 Å². The Morgan fingerprint density at radius 2 is 1.81 bits per heavy atom. The maximum absolute atomic E-state index is 14.3. The fourth-order valence-electron chi connectivity index (χ4n) is 3.93. The molecule has 0 aliphatic heterocycles. The van der Waals surface area contributed by atoms with E-state index in [1.165, 1.54) is 17.9 Å². The van der Waals surface area contributed by atoms with Crippen molar-refractivity contribution >= 4 is 21.7 Å². The standard InChI is InChI=1S/C26H20FN3O2/c1-32-24-12-10-18(15-22(24)27)21-7-4-6-19-16-28-30(26(31)25(19)21)14-13-20-11-9-17-5-2-3-8-23(17)29-20/h2-12,15-16H,13-14H2,1H3. The first kappa shape index (κ1) is 19.9. The zero-order chi connectivity index (χ0) is 22.1. The summed E-state index contributed by atoms with van der Waals surface area (Å²) in [6.07, 6.45) is 2.25. The molecular formula is C26H20FN3O2. The Kier molecular flexibility index (Phi) is 5.11. The molecular weight excluding hydrogens is 405 g/mol. The van der Waals surface area contributed by atoms with Crippen LogP contribution in [0, 0.1) is 5.82 Å². The number of ether oxygens (including phenoxy) is 1. The molecule has 5 aromatic rings. The van der Waals surface area contributed by atoms with E-state index in [-0.39, 0.29) is 11.3 Å². The van der Waals surface area contributed by atoms with E-state index in [4.69, 9.17) is 4.74 Å². The Hall–Kier alpha value is -4.06. The van der Waals surface area contributed by atoms with Gasteiger partial charge in [0, 0.05) is 22.9 Å². The van der Waals surface area contributed by atoms with Gasteiger partial charge in [0.2, 0.25) is 0 Å². The second-order valence-corrected chi connectivity index (χ2v) is 7.54. The lowest BCUT2D eigenvalue weighted by Gasteiger charge is -2.11. The summed E-state index contributed by atoms with van der Waals surface area (Å²) in [5.41, 5.74) is 2.87. The van der Waals surface area contributed by atoms with Gasteiger partial charge in [0.15, 0.2) is 11.6 Å². The third-order valence-corrected chi connectivity index (χ3v) is 5.58. The van der Waals surface area contributed by atoms with E-state index in [9.17, 15) is 9.18 Å². The van der Waals surface area contributed by atoms with Crippen LogP contribution < -0.4 is 10.3 Å². The van der Waals surface area contributed by atoms with Crippen LogP contribution in [-0.4, -0.2) is 21.9 Å². The molecule has 0 aliphatic rings. The van der Waals surface area contributed by atoms with Gasteiger partial charge in [-0.15, -0.1) is 0 Å². The highest BCUT2D eigenvalue weighted by molar-refractivity contribution is 5.95. The predicted octanol–water partition coefficient (Wildman–Crippen LogP) is 5.00. The predicted molar refractivity (Wildman–Crippen MR) is 123 cm³/mol. The van der Waals surface area contributed by atoms with E-state index >= 15 is 0 Å². The summed E-state index contributed by atoms with van der Waals surface area (Å²) in [5.74, 6) is -0.310. The monoisotopic (exact) mass is 425 g/mol. The van der Waals surface area contributed by atoms with Gasteiger partial charge in [-0.2, -0.15) is 5.10 Å². The molecule has 5 nitrogen and oxygen atoms in total. The first-order valence-corrected chi connectivity index (χ1v) is 10.3. The molecule has 0 saturated carbocycles. The molecule has 0 radical (unpaired) electrons. The minimum absolute atomic E-state index is 0.163. The molecule has 5 rings (SSSR count). The Morgan fingerprint density at radius 1 is 0.969 bits per heavy atom. The number of hydrogen-bond donors (Lipinski definition) is 0. The molecule has 158 valence electrons. The zero-order valence-electron chi connectivity index (χ0n) is 17.5. The van der Waals surface area contributed by atoms with Crippen LogP contribution in [0.3, 0.4) is 0 Å². The third kappa shape index (κ3) is 3.60. The number of aromatic nitrogens is 3. The minimum atomic E-state index is -0.473. The van der Waals surface area contributed by atoms with Crippen molar-refractivity contribution in [1.82, 2.24) is 14.8 Å². The molecule has 32 heavy (non-hydrogen) atoms. The quantitative estimate of drug-likeness (QED) is 0.398. The largest absolute Gasteiger partial charge is 0.494 e. The third-order valence-electron chi connectivity index (χ3n) is 5.58. The number of aryl methyl sites for hydroxylation is 2. The Labute approximate surface area is 183 Å². The molecule has 0 bridgehead atoms. The van der Waals surface area contributed by atoms with Gasteiger partial charge < -0.3 is 4.74 Å². The van der Waals surface area contributed by atoms with E-state index in [0.717, 1.165) is 16.6 Å². The molecule has 0 spiro atoms. The van der Waals surface area contributed by atoms with Gasteiger partial charge in [-0.1, -0.05) is 48.5 Å². The lowest BCUT2D eigenvalue weighted by atomic mass is 10.00. The Balaban J connectivity index is 1.52. The maximum Gasteiger partial charge on any atom is 0.275 e. The van der Waals surface area contributed by atoms with Gasteiger partial charge in [0.1, 0.15) is 0 Å². The molecule has 6 heteroatoms. The van der Waals surface area contributed by atoms with E-state index in [0.29, 0.717) is 34.9 Å². The van der Waals surface area contributed by atoms with Crippen molar-refractivity contribution in [3.63, 3.8) is 0 Å². The zero-order valence-corrected chi connectivity index (χ0v) is 17.5. The number of benzene rings is 3. The molecule has 0 N–H and O–H groups in total. The number of fused-ring (bicyclic) bond motifs is 2. The fraction of sp³-hybridized carbons (Fsp3) is 0.115. The summed E-state index contributed by atoms with van der Waals surface area (Å²) in [7, 11) is 1.42. The highest BCUT2D eigenvalue weighted by Crippen LogP contribution is 2.29. The number of halogens is 1. The van der Waals surface area contributed by atoms with Gasteiger partial charge in [0.25, 0.3) is 5.56 Å². The van der Waals surface area contributed by atoms with Crippen LogP contribution in [0.2, 0.25) is 0 Å². The van der Waals surface area contributed by atoms with E-state index in [1.54, 1.807) is 18.3 Å². The SMILES string of the molecule is COc1ccc(-c2cccc3cnn(CCc4ccc5ccccc5n4)c(=O)c23)cc1F. The molecule has 0 amide bonds. The lowest BCUT2D eigenvalue weighted by Crippen LogP contribution is -2.24. The van der Waals surface area contributed by atoms with Crippen LogP contribution >= 0.6 is 0 Å². The second kappa shape index (κ2) is 8.23. The summed E-state index contributed by atoms with van der Waals surface area (Å²) in [6.45, 7) is 0.394. The van der Waals surface area contributed by atoms with Gasteiger partial charge in [0.05, 0.1) is 30.8 Å². The van der Waals surface area contributed by atoms with Crippen molar-refractivity contribution in [3.05, 3.63) is 101 Å². The smallest absolute Gasteiger partial charge is 0.275 e. The summed E-state index contributed by atoms with van der Waals surface area (Å²) < 4.78 is 20.8. The molecule has 2 aromatic heterocycles. The fourth-order valence-corrected chi connectivity index (χ4v) is 3.93. The molecule has 0 fully saturated rings. The van der Waals surface area contributed by atoms with Gasteiger partial charge in [-0.25, -0.2) is 9.07 Å². The number of rotatable bonds is 5. The molecule has 2 heterocycles. The number of hydrogen-bond acceptors (Lipinski definition) is 4. The van der Waals surface area contributed by atoms with Crippen LogP contribution in [0.25, 0.3) is 32.8 Å². The Bertz CT molecular complexity index is 1510. The molecule has 3 aromatic carbocycles. The molecule has 0 saturated heterocycles. The number of nitrogens with zero attached hydrogens (tertiary/aromatic N) is 3. The average molecular weight is 425 g/mol. The van der Waals surface area contributed by atoms with Crippen LogP contribution in [0.1, 0.15) is 5.69 Å². The number of methoxy groups -OCH3 is 1. The topological polar surface area (TPSA) is 57.0 Å². The van der Waals surface area contributed by atoms with Crippen LogP contribution in [0.15, 0.2) is 83.8 Å². The first-order valence-electron chi connectivity index (χ1n) is 10.3. The summed E-state index contributed by atoms with van der Waals surface area (Å²) in [6, 6.07) is 22.1. The van der Waals surface area contributed by atoms with Crippen molar-refractivity contribution < 1.29 is 9.13 Å². The Morgan fingerprint density at radius 3 is 2.66 bits per heavy atom. The molecule has 0 unspecified atom stereocenters. The van der Waals surface area contributed by atoms with Gasteiger partial charge in [-0.05, 0) is 35.4 Å². The van der Waals surface area contributed by atoms with E-state index in [2.05, 4.69) is 10.1 Å². The normalized spacial score (nSPS) is 11.2. The second-order valence-electron chi connectivity index (χ2n) is 7.54. The highest BCUT2D eigenvalue weighted by atomic mass is 19.1. The van der Waals surface area contributed by atoms with Gasteiger partial charge >= 0.3 is 0 Å². The number of para-hydroxylation sites is 1. The summed E-state index contributed by atoms with van der Waals surface area (Å²) >= 11 is 0. The average Bonchev–Trinajstić information content (AvgIpc) is 2.83. The summed E-state index contributed by atoms with van der Waals surface area (Å²) in [4.78, 5) is 18.0. The lowest BCUT2D eigenvalue weighted by molar-refractivity contribution is 0.386. The summed E-state index contributed by atoms with van der Waals surface area (Å²) in [5, 5.41) is 6.65. The first-order chi connectivity index (χ1) is 15.6. The van der Waals surface area contributed by atoms with Crippen molar-refractivity contribution in [2.24, 2.45) is 0 Å². The maximum atomic E-state index is 14.3. The minimum Gasteiger partial charge on any atom is -0.494 e. The molecule has 0 atom stereocenters. The molecule has 0 aliphatic carbocycles. The number of pyridine rings is 1. The van der Waals surface area contributed by atoms with Crippen molar-refractivity contribution in [2.75, 3.05) is 7.11 Å². The van der Waals surface area contributed by atoms with Gasteiger partial charge in [-0.3, -0.25) is 9.78 Å². The van der Waals surface area contributed by atoms with Crippen LogP contribution in [0.4, 0.5) is 4.39 Å². The van der Waals surface area contributed by atoms with Crippen LogP contribution in [0.5, 0.6) is 5.75 Å². The van der Waals surface area contributed by atoms with E-state index in [1.807, 2.05) is 54.6 Å². The van der Waals surface area contributed by atoms with Crippen LogP contribution in [-0.2, 0) is 13.0 Å².